The molecule has 0 bridgehead atoms. The van der Waals surface area contributed by atoms with Crippen LogP contribution < -0.4 is 14.8 Å². The van der Waals surface area contributed by atoms with Gasteiger partial charge < -0.3 is 9.47 Å². The Labute approximate surface area is 162 Å². The number of nitrogens with zero attached hydrogens (tertiary/aromatic N) is 1. The van der Waals surface area contributed by atoms with Crippen molar-refractivity contribution in [2.75, 3.05) is 11.9 Å². The topological polar surface area (TPSA) is 60.5 Å². The van der Waals surface area contributed by atoms with Gasteiger partial charge in [-0.05, 0) is 51.0 Å². The van der Waals surface area contributed by atoms with Crippen LogP contribution in [0.1, 0.15) is 30.5 Å². The highest BCUT2D eigenvalue weighted by atomic mass is 32.1. The summed E-state index contributed by atoms with van der Waals surface area (Å²) in [5.41, 5.74) is 4.08. The predicted octanol–water partition coefficient (Wildman–Crippen LogP) is 4.64. The Morgan fingerprint density at radius 3 is 2.96 bits per heavy atom. The Morgan fingerprint density at radius 2 is 2.15 bits per heavy atom. The second-order valence-electron chi connectivity index (χ2n) is 7.57. The van der Waals surface area contributed by atoms with Crippen LogP contribution in [0.2, 0.25) is 0 Å². The van der Waals surface area contributed by atoms with Gasteiger partial charge in [-0.25, -0.2) is 4.98 Å². The van der Waals surface area contributed by atoms with Gasteiger partial charge in [0.1, 0.15) is 5.60 Å². The largest absolute Gasteiger partial charge is 0.483 e. The van der Waals surface area contributed by atoms with Crippen molar-refractivity contribution in [1.82, 2.24) is 4.98 Å². The summed E-state index contributed by atoms with van der Waals surface area (Å²) in [7, 11) is 0. The maximum atomic E-state index is 12.3. The Bertz CT molecular complexity index is 1040. The lowest BCUT2D eigenvalue weighted by atomic mass is 10.0. The molecule has 0 saturated carbocycles. The van der Waals surface area contributed by atoms with Crippen LogP contribution in [0.3, 0.4) is 0 Å². The number of para-hydroxylation sites is 1. The summed E-state index contributed by atoms with van der Waals surface area (Å²) in [4.78, 5) is 16.9. The highest BCUT2D eigenvalue weighted by Crippen LogP contribution is 2.41. The third-order valence-electron chi connectivity index (χ3n) is 4.49. The first-order valence-electron chi connectivity index (χ1n) is 8.92. The van der Waals surface area contributed by atoms with E-state index in [4.69, 9.17) is 9.47 Å². The third kappa shape index (κ3) is 3.62. The van der Waals surface area contributed by atoms with Crippen molar-refractivity contribution in [3.63, 3.8) is 0 Å². The van der Waals surface area contributed by atoms with Crippen molar-refractivity contribution in [2.45, 2.75) is 39.7 Å². The molecule has 2 aromatic carbocycles. The quantitative estimate of drug-likeness (QED) is 0.714. The zero-order chi connectivity index (χ0) is 19.2. The summed E-state index contributed by atoms with van der Waals surface area (Å²) in [5, 5.41) is 3.42. The molecule has 140 valence electrons. The highest BCUT2D eigenvalue weighted by molar-refractivity contribution is 7.22. The second-order valence-corrected chi connectivity index (χ2v) is 8.60. The van der Waals surface area contributed by atoms with Crippen LogP contribution in [0, 0.1) is 13.8 Å². The Hall–Kier alpha value is -2.60. The van der Waals surface area contributed by atoms with E-state index < -0.39 is 0 Å². The van der Waals surface area contributed by atoms with E-state index in [9.17, 15) is 4.79 Å². The number of anilines is 1. The molecule has 0 atom stereocenters. The number of benzene rings is 2. The van der Waals surface area contributed by atoms with Gasteiger partial charge in [-0.1, -0.05) is 29.5 Å². The molecule has 1 N–H and O–H groups in total. The summed E-state index contributed by atoms with van der Waals surface area (Å²) >= 11 is 1.47. The maximum Gasteiger partial charge on any atom is 0.264 e. The Morgan fingerprint density at radius 1 is 1.33 bits per heavy atom. The second kappa shape index (κ2) is 6.53. The molecule has 1 aromatic heterocycles. The molecule has 1 aliphatic heterocycles. The summed E-state index contributed by atoms with van der Waals surface area (Å²) in [6, 6.07) is 9.96. The standard InChI is InChI=1S/C21H22N2O3S/c1-12-8-13(2)18-16(9-12)27-20(23-18)22-17(24)11-25-15-7-5-6-14-10-21(3,4)26-19(14)15/h5-9H,10-11H2,1-4H3,(H,22,23,24). The number of hydrogen-bond acceptors (Lipinski definition) is 5. The SMILES string of the molecule is Cc1cc(C)c2nc(NC(=O)COc3cccc4c3OC(C)(C)C4)sc2c1. The van der Waals surface area contributed by atoms with E-state index in [0.29, 0.717) is 10.9 Å². The van der Waals surface area contributed by atoms with Crippen LogP contribution >= 0.6 is 11.3 Å². The number of ether oxygens (including phenoxy) is 2. The molecular weight excluding hydrogens is 360 g/mol. The minimum absolute atomic E-state index is 0.0891. The van der Waals surface area contributed by atoms with Crippen molar-refractivity contribution >= 4 is 32.6 Å². The molecular formula is C21H22N2O3S. The number of carbonyl (C=O) groups is 1. The van der Waals surface area contributed by atoms with Crippen molar-refractivity contribution in [3.05, 3.63) is 47.0 Å². The minimum Gasteiger partial charge on any atom is -0.483 e. The van der Waals surface area contributed by atoms with E-state index in [1.54, 1.807) is 0 Å². The third-order valence-corrected chi connectivity index (χ3v) is 5.41. The van der Waals surface area contributed by atoms with Gasteiger partial charge in [0.15, 0.2) is 23.2 Å². The van der Waals surface area contributed by atoms with Gasteiger partial charge >= 0.3 is 0 Å². The van der Waals surface area contributed by atoms with Crippen molar-refractivity contribution < 1.29 is 14.3 Å². The molecule has 5 nitrogen and oxygen atoms in total. The Balaban J connectivity index is 1.44. The number of carbonyl (C=O) groups excluding carboxylic acids is 1. The minimum atomic E-state index is -0.249. The highest BCUT2D eigenvalue weighted by Gasteiger charge is 2.32. The molecule has 1 aliphatic rings. The fourth-order valence-corrected chi connectivity index (χ4v) is 4.48. The molecule has 2 heterocycles. The lowest BCUT2D eigenvalue weighted by Crippen LogP contribution is -2.25. The van der Waals surface area contributed by atoms with Crippen LogP contribution in [0.4, 0.5) is 5.13 Å². The summed E-state index contributed by atoms with van der Waals surface area (Å²) in [6.07, 6.45) is 0.830. The van der Waals surface area contributed by atoms with E-state index >= 15 is 0 Å². The number of aryl methyl sites for hydroxylation is 2. The maximum absolute atomic E-state index is 12.3. The molecule has 0 radical (unpaired) electrons. The fourth-order valence-electron chi connectivity index (χ4n) is 3.42. The molecule has 1 amide bonds. The van der Waals surface area contributed by atoms with E-state index in [2.05, 4.69) is 29.4 Å². The molecule has 0 unspecified atom stereocenters. The monoisotopic (exact) mass is 382 g/mol. The number of nitrogens with one attached hydrogen (secondary N) is 1. The number of fused-ring (bicyclic) bond motifs is 2. The van der Waals surface area contributed by atoms with E-state index in [1.165, 1.54) is 16.9 Å². The molecule has 4 rings (SSSR count). The molecule has 0 aliphatic carbocycles. The average Bonchev–Trinajstić information content (AvgIpc) is 3.11. The number of hydrogen-bond donors (Lipinski definition) is 1. The van der Waals surface area contributed by atoms with Gasteiger partial charge in [0.2, 0.25) is 0 Å². The van der Waals surface area contributed by atoms with Gasteiger partial charge in [-0.15, -0.1) is 0 Å². The zero-order valence-corrected chi connectivity index (χ0v) is 16.7. The normalized spacial score (nSPS) is 14.7. The van der Waals surface area contributed by atoms with E-state index in [1.807, 2.05) is 39.0 Å². The molecule has 0 fully saturated rings. The van der Waals surface area contributed by atoms with Crippen molar-refractivity contribution in [2.24, 2.45) is 0 Å². The van der Waals surface area contributed by atoms with Gasteiger partial charge in [0.05, 0.1) is 10.2 Å². The predicted molar refractivity (Wildman–Crippen MR) is 108 cm³/mol. The van der Waals surface area contributed by atoms with E-state index in [0.717, 1.165) is 33.5 Å². The first-order chi connectivity index (χ1) is 12.8. The molecule has 27 heavy (non-hydrogen) atoms. The van der Waals surface area contributed by atoms with Crippen LogP contribution in [-0.4, -0.2) is 23.1 Å². The summed E-state index contributed by atoms with van der Waals surface area (Å²) in [5.74, 6) is 1.10. The molecule has 3 aromatic rings. The summed E-state index contributed by atoms with van der Waals surface area (Å²) in [6.45, 7) is 8.08. The average molecular weight is 382 g/mol. The number of amides is 1. The fraction of sp³-hybridized carbons (Fsp3) is 0.333. The van der Waals surface area contributed by atoms with Crippen molar-refractivity contribution in [1.29, 1.82) is 0 Å². The van der Waals surface area contributed by atoms with Crippen LogP contribution in [-0.2, 0) is 11.2 Å². The van der Waals surface area contributed by atoms with Crippen molar-refractivity contribution in [3.8, 4) is 11.5 Å². The van der Waals surface area contributed by atoms with Crippen LogP contribution in [0.25, 0.3) is 10.2 Å². The summed E-state index contributed by atoms with van der Waals surface area (Å²) < 4.78 is 12.8. The number of thiazole rings is 1. The van der Waals surface area contributed by atoms with Gasteiger partial charge in [0.25, 0.3) is 5.91 Å². The lowest BCUT2D eigenvalue weighted by molar-refractivity contribution is -0.118. The number of rotatable bonds is 4. The zero-order valence-electron chi connectivity index (χ0n) is 15.9. The first kappa shape index (κ1) is 17.8. The van der Waals surface area contributed by atoms with Gasteiger partial charge in [0, 0.05) is 12.0 Å². The first-order valence-corrected chi connectivity index (χ1v) is 9.74. The van der Waals surface area contributed by atoms with E-state index in [-0.39, 0.29) is 18.1 Å². The Kier molecular flexibility index (Phi) is 4.30. The smallest absolute Gasteiger partial charge is 0.264 e. The van der Waals surface area contributed by atoms with Gasteiger partial charge in [-0.2, -0.15) is 0 Å². The van der Waals surface area contributed by atoms with Crippen LogP contribution in [0.15, 0.2) is 30.3 Å². The number of aromatic nitrogens is 1. The molecule has 0 saturated heterocycles. The van der Waals surface area contributed by atoms with Gasteiger partial charge in [-0.3, -0.25) is 10.1 Å². The van der Waals surface area contributed by atoms with Crippen LogP contribution in [0.5, 0.6) is 11.5 Å². The molecule has 0 spiro atoms. The molecule has 6 heteroatoms. The lowest BCUT2D eigenvalue weighted by Gasteiger charge is -2.18.